The van der Waals surface area contributed by atoms with Crippen LogP contribution in [0.25, 0.3) is 10.8 Å². The van der Waals surface area contributed by atoms with Crippen LogP contribution in [0, 0.1) is 0 Å². The minimum atomic E-state index is -3.77. The quantitative estimate of drug-likeness (QED) is 0.289. The van der Waals surface area contributed by atoms with Crippen LogP contribution in [-0.2, 0) is 10.0 Å². The molecule has 1 N–H and O–H groups in total. The minimum Gasteiger partial charge on any atom is -0.490 e. The molecule has 3 aromatic rings. The van der Waals surface area contributed by atoms with Gasteiger partial charge in [-0.3, -0.25) is 0 Å². The Bertz CT molecular complexity index is 1130. The van der Waals surface area contributed by atoms with Gasteiger partial charge in [-0.25, -0.2) is 4.83 Å². The molecule has 3 rings (SSSR count). The molecule has 0 aliphatic rings. The van der Waals surface area contributed by atoms with E-state index in [-0.39, 0.29) is 4.90 Å². The van der Waals surface area contributed by atoms with Gasteiger partial charge in [0.2, 0.25) is 0 Å². The molecule has 158 valence electrons. The maximum Gasteiger partial charge on any atom is 0.276 e. The highest BCUT2D eigenvalue weighted by atomic mass is 32.2. The molecule has 6 nitrogen and oxygen atoms in total. The number of unbranched alkanes of at least 4 members (excludes halogenated alkanes) is 1. The maximum atomic E-state index is 12.6. The molecule has 30 heavy (non-hydrogen) atoms. The number of rotatable bonds is 10. The van der Waals surface area contributed by atoms with E-state index < -0.39 is 10.0 Å². The van der Waals surface area contributed by atoms with Crippen LogP contribution in [0.5, 0.6) is 11.5 Å². The molecule has 0 spiro atoms. The van der Waals surface area contributed by atoms with Gasteiger partial charge in [0, 0.05) is 0 Å². The Morgan fingerprint density at radius 1 is 0.933 bits per heavy atom. The molecule has 0 bridgehead atoms. The molecule has 0 aromatic heterocycles. The van der Waals surface area contributed by atoms with E-state index in [4.69, 9.17) is 9.47 Å². The minimum absolute atomic E-state index is 0.160. The summed E-state index contributed by atoms with van der Waals surface area (Å²) in [5.41, 5.74) is 0.697. The molecule has 3 aromatic carbocycles. The monoisotopic (exact) mass is 426 g/mol. The topological polar surface area (TPSA) is 77.0 Å². The molecule has 0 heterocycles. The third kappa shape index (κ3) is 5.51. The molecule has 0 aliphatic carbocycles. The van der Waals surface area contributed by atoms with E-state index in [2.05, 4.69) is 16.9 Å². The van der Waals surface area contributed by atoms with Crippen molar-refractivity contribution in [3.63, 3.8) is 0 Å². The van der Waals surface area contributed by atoms with E-state index in [1.165, 1.54) is 6.21 Å². The lowest BCUT2D eigenvalue weighted by atomic mass is 10.1. The highest BCUT2D eigenvalue weighted by molar-refractivity contribution is 7.89. The molecule has 0 unspecified atom stereocenters. The van der Waals surface area contributed by atoms with Gasteiger partial charge in [0.05, 0.1) is 24.3 Å². The van der Waals surface area contributed by atoms with E-state index >= 15 is 0 Å². The lowest BCUT2D eigenvalue weighted by Crippen LogP contribution is -2.18. The second kappa shape index (κ2) is 10.1. The van der Waals surface area contributed by atoms with Gasteiger partial charge in [-0.05, 0) is 60.0 Å². The smallest absolute Gasteiger partial charge is 0.276 e. The van der Waals surface area contributed by atoms with Crippen molar-refractivity contribution < 1.29 is 17.9 Å². The Balaban J connectivity index is 1.73. The van der Waals surface area contributed by atoms with Crippen molar-refractivity contribution in [1.29, 1.82) is 0 Å². The van der Waals surface area contributed by atoms with Crippen LogP contribution >= 0.6 is 0 Å². The zero-order valence-corrected chi connectivity index (χ0v) is 18.0. The average Bonchev–Trinajstić information content (AvgIpc) is 2.75. The van der Waals surface area contributed by atoms with Gasteiger partial charge in [0.25, 0.3) is 10.0 Å². The van der Waals surface area contributed by atoms with Gasteiger partial charge in [-0.1, -0.05) is 43.7 Å². The zero-order chi connectivity index (χ0) is 21.4. The number of nitrogens with zero attached hydrogens (tertiary/aromatic N) is 1. The van der Waals surface area contributed by atoms with Crippen LogP contribution in [0.3, 0.4) is 0 Å². The lowest BCUT2D eigenvalue weighted by molar-refractivity contribution is 0.272. The first kappa shape index (κ1) is 21.6. The summed E-state index contributed by atoms with van der Waals surface area (Å²) in [6, 6.07) is 17.9. The highest BCUT2D eigenvalue weighted by Crippen LogP contribution is 2.28. The summed E-state index contributed by atoms with van der Waals surface area (Å²) < 4.78 is 36.5. The molecule has 0 saturated carbocycles. The molecule has 0 aliphatic heterocycles. The summed E-state index contributed by atoms with van der Waals surface area (Å²) in [5.74, 6) is 1.27. The summed E-state index contributed by atoms with van der Waals surface area (Å²) in [6.45, 7) is 5.12. The Labute approximate surface area is 177 Å². The zero-order valence-electron chi connectivity index (χ0n) is 17.2. The van der Waals surface area contributed by atoms with Gasteiger partial charge in [-0.15, -0.1) is 0 Å². The van der Waals surface area contributed by atoms with Gasteiger partial charge in [0.15, 0.2) is 11.5 Å². The molecule has 0 fully saturated rings. The van der Waals surface area contributed by atoms with Crippen molar-refractivity contribution in [1.82, 2.24) is 4.83 Å². The number of hydrogen-bond acceptors (Lipinski definition) is 5. The van der Waals surface area contributed by atoms with Crippen LogP contribution in [0.1, 0.15) is 32.3 Å². The molecule has 0 saturated heterocycles. The first-order valence-corrected chi connectivity index (χ1v) is 11.4. The molecular weight excluding hydrogens is 400 g/mol. The normalized spacial score (nSPS) is 11.7. The van der Waals surface area contributed by atoms with E-state index in [0.29, 0.717) is 30.3 Å². The summed E-state index contributed by atoms with van der Waals surface area (Å²) in [5, 5.41) is 5.74. The van der Waals surface area contributed by atoms with Crippen LogP contribution in [0.4, 0.5) is 0 Å². The number of hydrogen-bond donors (Lipinski definition) is 1. The Morgan fingerprint density at radius 2 is 1.73 bits per heavy atom. The van der Waals surface area contributed by atoms with Crippen LogP contribution in [0.15, 0.2) is 70.7 Å². The fourth-order valence-corrected chi connectivity index (χ4v) is 3.70. The fraction of sp³-hybridized carbons (Fsp3) is 0.261. The number of nitrogens with one attached hydrogen (secondary N) is 1. The Hall–Kier alpha value is -3.06. The van der Waals surface area contributed by atoms with Crippen LogP contribution < -0.4 is 14.3 Å². The third-order valence-electron chi connectivity index (χ3n) is 4.44. The van der Waals surface area contributed by atoms with Crippen LogP contribution in [0.2, 0.25) is 0 Å². The van der Waals surface area contributed by atoms with Crippen LogP contribution in [-0.4, -0.2) is 27.8 Å². The maximum absolute atomic E-state index is 12.6. The predicted octanol–water partition coefficient (Wildman–Crippen LogP) is 4.73. The molecule has 0 radical (unpaired) electrons. The summed E-state index contributed by atoms with van der Waals surface area (Å²) in [7, 11) is -3.77. The molecular formula is C23H26N2O4S. The van der Waals surface area contributed by atoms with E-state index in [9.17, 15) is 8.42 Å². The fourth-order valence-electron chi connectivity index (χ4n) is 2.88. The molecule has 0 amide bonds. The molecule has 0 atom stereocenters. The van der Waals surface area contributed by atoms with Gasteiger partial charge < -0.3 is 9.47 Å². The summed E-state index contributed by atoms with van der Waals surface area (Å²) in [6.07, 6.45) is 3.45. The van der Waals surface area contributed by atoms with Gasteiger partial charge in [0.1, 0.15) is 0 Å². The lowest BCUT2D eigenvalue weighted by Gasteiger charge is -2.12. The highest BCUT2D eigenvalue weighted by Gasteiger charge is 2.13. The SMILES string of the molecule is CCCCOc1ccc(/C=N\NS(=O)(=O)c2ccc3ccccc3c2)cc1OCC. The second-order valence-electron chi connectivity index (χ2n) is 6.70. The number of sulfonamides is 1. The number of benzene rings is 3. The first-order chi connectivity index (χ1) is 14.5. The standard InChI is InChI=1S/C23H26N2O4S/c1-3-5-14-29-22-13-10-18(15-23(22)28-4-2)17-24-25-30(26,27)21-12-11-19-8-6-7-9-20(19)16-21/h6-13,15-17,25H,3-5,14H2,1-2H3/b24-17-. The second-order valence-corrected chi connectivity index (χ2v) is 8.36. The predicted molar refractivity (Wildman–Crippen MR) is 120 cm³/mol. The largest absolute Gasteiger partial charge is 0.490 e. The van der Waals surface area contributed by atoms with Crippen molar-refractivity contribution in [2.45, 2.75) is 31.6 Å². The van der Waals surface area contributed by atoms with Crippen molar-refractivity contribution in [3.05, 3.63) is 66.2 Å². The molecule has 7 heteroatoms. The van der Waals surface area contributed by atoms with Crippen molar-refractivity contribution in [2.24, 2.45) is 5.10 Å². The summed E-state index contributed by atoms with van der Waals surface area (Å²) in [4.78, 5) is 2.43. The van der Waals surface area contributed by atoms with Gasteiger partial charge in [-0.2, -0.15) is 13.5 Å². The third-order valence-corrected chi connectivity index (χ3v) is 5.66. The first-order valence-electron chi connectivity index (χ1n) is 9.97. The van der Waals surface area contributed by atoms with E-state index in [0.717, 1.165) is 23.6 Å². The van der Waals surface area contributed by atoms with Crippen molar-refractivity contribution in [2.75, 3.05) is 13.2 Å². The van der Waals surface area contributed by atoms with E-state index in [1.54, 1.807) is 36.4 Å². The van der Waals surface area contributed by atoms with Gasteiger partial charge >= 0.3 is 0 Å². The number of hydrazone groups is 1. The van der Waals surface area contributed by atoms with E-state index in [1.807, 2.05) is 31.2 Å². The number of ether oxygens (including phenoxy) is 2. The summed E-state index contributed by atoms with van der Waals surface area (Å²) >= 11 is 0. The Kier molecular flexibility index (Phi) is 7.30. The Morgan fingerprint density at radius 3 is 2.50 bits per heavy atom. The number of fused-ring (bicyclic) bond motifs is 1. The average molecular weight is 427 g/mol. The van der Waals surface area contributed by atoms with Crippen molar-refractivity contribution in [3.8, 4) is 11.5 Å². The van der Waals surface area contributed by atoms with Crippen molar-refractivity contribution >= 4 is 27.0 Å².